The fourth-order valence-corrected chi connectivity index (χ4v) is 0.925. The van der Waals surface area contributed by atoms with Gasteiger partial charge in [-0.1, -0.05) is 6.92 Å². The van der Waals surface area contributed by atoms with Gasteiger partial charge in [0.25, 0.3) is 0 Å². The number of thioether (sulfide) groups is 1. The molecule has 0 aromatic rings. The number of hydrogen-bond acceptors (Lipinski definition) is 1. The third-order valence-electron chi connectivity index (χ3n) is 0.797. The van der Waals surface area contributed by atoms with Gasteiger partial charge in [-0.05, 0) is 12.7 Å². The molecule has 0 N–H and O–H groups in total. The fraction of sp³-hybridized carbons (Fsp3) is 0.571. The SMILES string of the molecule is C#CC(C)CSC[CH2]. The van der Waals surface area contributed by atoms with Gasteiger partial charge < -0.3 is 0 Å². The monoisotopic (exact) mass is 127 g/mol. The Kier molecular flexibility index (Phi) is 5.00. The topological polar surface area (TPSA) is 0 Å². The summed E-state index contributed by atoms with van der Waals surface area (Å²) in [6, 6.07) is 0. The second kappa shape index (κ2) is 5.05. The lowest BCUT2D eigenvalue weighted by Crippen LogP contribution is -1.92. The van der Waals surface area contributed by atoms with E-state index in [0.717, 1.165) is 11.5 Å². The Morgan fingerprint density at radius 1 is 1.88 bits per heavy atom. The summed E-state index contributed by atoms with van der Waals surface area (Å²) in [6.07, 6.45) is 5.13. The zero-order chi connectivity index (χ0) is 6.41. The predicted octanol–water partition coefficient (Wildman–Crippen LogP) is 1.82. The van der Waals surface area contributed by atoms with Gasteiger partial charge in [-0.3, -0.25) is 0 Å². The highest BCUT2D eigenvalue weighted by atomic mass is 32.2. The van der Waals surface area contributed by atoms with Crippen molar-refractivity contribution in [3.8, 4) is 12.3 Å². The van der Waals surface area contributed by atoms with E-state index < -0.39 is 0 Å². The Morgan fingerprint density at radius 3 is 2.88 bits per heavy atom. The van der Waals surface area contributed by atoms with Crippen LogP contribution in [0.4, 0.5) is 0 Å². The number of rotatable bonds is 3. The minimum absolute atomic E-state index is 0.404. The van der Waals surface area contributed by atoms with Crippen LogP contribution in [0.5, 0.6) is 0 Å². The van der Waals surface area contributed by atoms with Crippen LogP contribution >= 0.6 is 11.8 Å². The Morgan fingerprint density at radius 2 is 2.50 bits per heavy atom. The minimum atomic E-state index is 0.404. The third kappa shape index (κ3) is 4.08. The highest BCUT2D eigenvalue weighted by Gasteiger charge is 1.92. The van der Waals surface area contributed by atoms with Crippen molar-refractivity contribution in [1.29, 1.82) is 0 Å². The molecule has 0 aromatic heterocycles. The van der Waals surface area contributed by atoms with Gasteiger partial charge in [-0.25, -0.2) is 0 Å². The Hall–Kier alpha value is -0.0900. The standard InChI is InChI=1S/C7H11S/c1-4-7(3)6-8-5-2/h1,7H,2,5-6H2,3H3. The molecule has 45 valence electrons. The molecular formula is C7H11S. The molecule has 0 saturated carbocycles. The van der Waals surface area contributed by atoms with Gasteiger partial charge in [0.15, 0.2) is 0 Å². The molecule has 0 heterocycles. The molecule has 0 rings (SSSR count). The molecule has 0 nitrogen and oxygen atoms in total. The lowest BCUT2D eigenvalue weighted by atomic mass is 10.2. The van der Waals surface area contributed by atoms with Crippen molar-refractivity contribution >= 4 is 11.8 Å². The first-order valence-electron chi connectivity index (χ1n) is 2.64. The quantitative estimate of drug-likeness (QED) is 0.521. The normalized spacial score (nSPS) is 12.6. The van der Waals surface area contributed by atoms with Gasteiger partial charge in [-0.15, -0.1) is 12.3 Å². The van der Waals surface area contributed by atoms with Crippen molar-refractivity contribution in [1.82, 2.24) is 0 Å². The summed E-state index contributed by atoms with van der Waals surface area (Å²) in [5, 5.41) is 0. The zero-order valence-corrected chi connectivity index (χ0v) is 6.00. The van der Waals surface area contributed by atoms with Crippen LogP contribution in [0.2, 0.25) is 0 Å². The van der Waals surface area contributed by atoms with E-state index >= 15 is 0 Å². The molecule has 0 bridgehead atoms. The molecule has 0 amide bonds. The maximum absolute atomic E-state index is 5.13. The molecule has 0 fully saturated rings. The van der Waals surface area contributed by atoms with Crippen molar-refractivity contribution in [2.75, 3.05) is 11.5 Å². The van der Waals surface area contributed by atoms with E-state index in [2.05, 4.69) is 12.8 Å². The summed E-state index contributed by atoms with van der Waals surface area (Å²) in [4.78, 5) is 0. The molecule has 1 unspecified atom stereocenters. The molecule has 1 atom stereocenters. The van der Waals surface area contributed by atoms with Crippen molar-refractivity contribution in [2.45, 2.75) is 6.92 Å². The predicted molar refractivity (Wildman–Crippen MR) is 40.7 cm³/mol. The molecule has 0 aliphatic heterocycles. The average molecular weight is 127 g/mol. The summed E-state index contributed by atoms with van der Waals surface area (Å²) in [7, 11) is 0. The Bertz CT molecular complexity index is 80.9. The van der Waals surface area contributed by atoms with Crippen LogP contribution in [0.25, 0.3) is 0 Å². The average Bonchev–Trinajstić information content (AvgIpc) is 1.83. The third-order valence-corrected chi connectivity index (χ3v) is 1.82. The largest absolute Gasteiger partial charge is 0.161 e. The second-order valence-corrected chi connectivity index (χ2v) is 2.79. The van der Waals surface area contributed by atoms with Crippen LogP contribution < -0.4 is 0 Å². The summed E-state index contributed by atoms with van der Waals surface area (Å²) >= 11 is 1.79. The van der Waals surface area contributed by atoms with Gasteiger partial charge in [0.1, 0.15) is 0 Å². The first-order valence-corrected chi connectivity index (χ1v) is 3.79. The lowest BCUT2D eigenvalue weighted by Gasteiger charge is -1.98. The van der Waals surface area contributed by atoms with E-state index in [1.807, 2.05) is 6.92 Å². The van der Waals surface area contributed by atoms with Gasteiger partial charge in [0.05, 0.1) is 0 Å². The minimum Gasteiger partial charge on any atom is -0.161 e. The fourth-order valence-electron chi connectivity index (χ4n) is 0.308. The van der Waals surface area contributed by atoms with E-state index in [0.29, 0.717) is 5.92 Å². The first-order chi connectivity index (χ1) is 3.81. The van der Waals surface area contributed by atoms with Gasteiger partial charge in [0.2, 0.25) is 0 Å². The van der Waals surface area contributed by atoms with Crippen LogP contribution in [0.1, 0.15) is 6.92 Å². The summed E-state index contributed by atoms with van der Waals surface area (Å²) in [6.45, 7) is 5.73. The summed E-state index contributed by atoms with van der Waals surface area (Å²) in [5.41, 5.74) is 0. The molecular weight excluding hydrogens is 116 g/mol. The first kappa shape index (κ1) is 7.91. The van der Waals surface area contributed by atoms with E-state index in [-0.39, 0.29) is 0 Å². The highest BCUT2D eigenvalue weighted by Crippen LogP contribution is 2.04. The van der Waals surface area contributed by atoms with Crippen molar-refractivity contribution in [3.63, 3.8) is 0 Å². The molecule has 0 aliphatic rings. The van der Waals surface area contributed by atoms with Gasteiger partial charge in [-0.2, -0.15) is 11.8 Å². The van der Waals surface area contributed by atoms with Crippen LogP contribution in [-0.4, -0.2) is 11.5 Å². The smallest absolute Gasteiger partial charge is 0.0262 e. The van der Waals surface area contributed by atoms with Crippen LogP contribution in [0.15, 0.2) is 0 Å². The van der Waals surface area contributed by atoms with Gasteiger partial charge in [0, 0.05) is 11.7 Å². The number of terminal acetylenes is 1. The summed E-state index contributed by atoms with van der Waals surface area (Å²) in [5.74, 6) is 5.02. The van der Waals surface area contributed by atoms with Crippen molar-refractivity contribution < 1.29 is 0 Å². The Labute approximate surface area is 56.1 Å². The molecule has 0 saturated heterocycles. The van der Waals surface area contributed by atoms with Gasteiger partial charge >= 0.3 is 0 Å². The number of hydrogen-bond donors (Lipinski definition) is 0. The van der Waals surface area contributed by atoms with Crippen molar-refractivity contribution in [3.05, 3.63) is 6.92 Å². The van der Waals surface area contributed by atoms with E-state index in [1.165, 1.54) is 0 Å². The molecule has 1 heteroatoms. The van der Waals surface area contributed by atoms with Crippen LogP contribution in [0, 0.1) is 25.2 Å². The second-order valence-electron chi connectivity index (χ2n) is 1.64. The maximum atomic E-state index is 5.13. The van der Waals surface area contributed by atoms with E-state index in [9.17, 15) is 0 Å². The Balaban J connectivity index is 3.02. The highest BCUT2D eigenvalue weighted by molar-refractivity contribution is 7.99. The molecule has 0 aliphatic carbocycles. The molecule has 0 spiro atoms. The molecule has 8 heavy (non-hydrogen) atoms. The molecule has 0 aromatic carbocycles. The lowest BCUT2D eigenvalue weighted by molar-refractivity contribution is 0.884. The van der Waals surface area contributed by atoms with E-state index in [1.54, 1.807) is 11.8 Å². The van der Waals surface area contributed by atoms with Crippen LogP contribution in [0.3, 0.4) is 0 Å². The van der Waals surface area contributed by atoms with Crippen molar-refractivity contribution in [2.24, 2.45) is 5.92 Å². The summed E-state index contributed by atoms with van der Waals surface area (Å²) < 4.78 is 0. The maximum Gasteiger partial charge on any atom is 0.0262 e. The van der Waals surface area contributed by atoms with Crippen LogP contribution in [-0.2, 0) is 0 Å². The molecule has 1 radical (unpaired) electrons. The van der Waals surface area contributed by atoms with E-state index in [4.69, 9.17) is 6.42 Å². The zero-order valence-electron chi connectivity index (χ0n) is 5.18.